The molecule has 0 heterocycles. The molecule has 0 saturated heterocycles. The van der Waals surface area contributed by atoms with E-state index in [4.69, 9.17) is 18.5 Å². The average Bonchev–Trinajstić information content (AvgIpc) is 3.46. The first-order chi connectivity index (χ1) is 40.0. The van der Waals surface area contributed by atoms with Crippen LogP contribution in [0.5, 0.6) is 0 Å². The van der Waals surface area contributed by atoms with Gasteiger partial charge >= 0.3 is 11.9 Å². The van der Waals surface area contributed by atoms with Crippen LogP contribution in [0.1, 0.15) is 348 Å². The monoisotopic (exact) mass is 1170 g/mol. The molecule has 482 valence electrons. The van der Waals surface area contributed by atoms with Crippen LogP contribution in [-0.4, -0.2) is 70.0 Å². The van der Waals surface area contributed by atoms with E-state index < -0.39 is 26.5 Å². The molecular weight excluding hydrogens is 1040 g/mol. The van der Waals surface area contributed by atoms with Crippen molar-refractivity contribution in [3.63, 3.8) is 0 Å². The van der Waals surface area contributed by atoms with Gasteiger partial charge in [0.15, 0.2) is 6.10 Å². The third-order valence-corrected chi connectivity index (χ3v) is 16.8. The first-order valence-corrected chi connectivity index (χ1v) is 36.8. The summed E-state index contributed by atoms with van der Waals surface area (Å²) in [5, 5.41) is 0. The Kier molecular flexibility index (Phi) is 61.9. The van der Waals surface area contributed by atoms with E-state index in [1.165, 1.54) is 270 Å². The van der Waals surface area contributed by atoms with E-state index in [-0.39, 0.29) is 32.0 Å². The molecule has 0 aromatic rings. The standard InChI is InChI=1S/C72H136NO8P/c1-6-8-10-12-14-16-18-20-22-24-26-28-30-32-34-35-36-37-39-41-43-45-47-49-51-53-55-57-59-61-63-65-72(75)81-70(69-80-82(76,77)79-67-66-73(3,4)5)68-78-71(74)64-62-60-58-56-54-52-50-48-46-44-42-40-38-33-31-29-27-25-23-21-19-17-15-13-11-9-7-2/h18-21,24-27,70H,6-17,22-23,28-69H2,1-5H3/b20-18-,21-19-,26-24-,27-25-. The van der Waals surface area contributed by atoms with Crippen molar-refractivity contribution in [3.8, 4) is 0 Å². The first-order valence-electron chi connectivity index (χ1n) is 35.3. The van der Waals surface area contributed by atoms with Crippen molar-refractivity contribution in [3.05, 3.63) is 48.6 Å². The van der Waals surface area contributed by atoms with E-state index in [9.17, 15) is 19.0 Å². The molecule has 2 atom stereocenters. The number of rotatable bonds is 66. The molecule has 10 heteroatoms. The first kappa shape index (κ1) is 80.0. The molecule has 0 saturated carbocycles. The molecule has 82 heavy (non-hydrogen) atoms. The van der Waals surface area contributed by atoms with Gasteiger partial charge in [0.25, 0.3) is 7.82 Å². The second-order valence-electron chi connectivity index (χ2n) is 25.2. The number of phosphoric ester groups is 1. The van der Waals surface area contributed by atoms with E-state index >= 15 is 0 Å². The van der Waals surface area contributed by atoms with Crippen LogP contribution >= 0.6 is 7.82 Å². The summed E-state index contributed by atoms with van der Waals surface area (Å²) >= 11 is 0. The van der Waals surface area contributed by atoms with E-state index in [1.54, 1.807) is 0 Å². The Morgan fingerprint density at radius 1 is 0.378 bits per heavy atom. The molecule has 0 aliphatic carbocycles. The second kappa shape index (κ2) is 63.5. The summed E-state index contributed by atoms with van der Waals surface area (Å²) in [5.74, 6) is -0.815. The molecule has 0 amide bonds. The lowest BCUT2D eigenvalue weighted by atomic mass is 10.0. The number of quaternary nitrogens is 1. The minimum Gasteiger partial charge on any atom is -0.756 e. The van der Waals surface area contributed by atoms with Crippen molar-refractivity contribution in [1.82, 2.24) is 0 Å². The lowest BCUT2D eigenvalue weighted by Crippen LogP contribution is -2.37. The molecule has 0 N–H and O–H groups in total. The molecule has 0 spiro atoms. The number of hydrogen-bond acceptors (Lipinski definition) is 8. The summed E-state index contributed by atoms with van der Waals surface area (Å²) in [7, 11) is 1.18. The van der Waals surface area contributed by atoms with E-state index in [0.717, 1.165) is 44.9 Å². The second-order valence-corrected chi connectivity index (χ2v) is 26.7. The van der Waals surface area contributed by atoms with Gasteiger partial charge in [-0.1, -0.05) is 306 Å². The van der Waals surface area contributed by atoms with E-state index in [1.807, 2.05) is 21.1 Å². The maximum Gasteiger partial charge on any atom is 0.306 e. The number of carbonyl (C=O) groups excluding carboxylic acids is 2. The number of nitrogens with zero attached hydrogens (tertiary/aromatic N) is 1. The fraction of sp³-hybridized carbons (Fsp3) is 0.861. The maximum absolute atomic E-state index is 12.9. The molecule has 0 aliphatic heterocycles. The lowest BCUT2D eigenvalue weighted by molar-refractivity contribution is -0.870. The summed E-state index contributed by atoms with van der Waals surface area (Å²) in [4.78, 5) is 38.1. The Morgan fingerprint density at radius 2 is 0.659 bits per heavy atom. The van der Waals surface area contributed by atoms with Gasteiger partial charge in [0.2, 0.25) is 0 Å². The molecule has 0 aromatic carbocycles. The summed E-state index contributed by atoms with van der Waals surface area (Å²) in [6, 6.07) is 0. The van der Waals surface area contributed by atoms with Crippen molar-refractivity contribution < 1.29 is 42.1 Å². The lowest BCUT2D eigenvalue weighted by Gasteiger charge is -2.28. The van der Waals surface area contributed by atoms with Crippen molar-refractivity contribution in [1.29, 1.82) is 0 Å². The SMILES string of the molecule is CCCCCCC/C=C\C/C=C\CCCCCCCCCCCCCCCCCCCCCC(=O)OC(COC(=O)CCCCCCCCCCCCCCCCC/C=C\C/C=C\CCCCCCC)COP(=O)([O-])OCC[N+](C)(C)C. The van der Waals surface area contributed by atoms with Crippen LogP contribution < -0.4 is 4.89 Å². The van der Waals surface area contributed by atoms with Gasteiger partial charge in [-0.05, 0) is 77.0 Å². The zero-order valence-corrected chi connectivity index (χ0v) is 55.8. The predicted octanol–water partition coefficient (Wildman–Crippen LogP) is 22.2. The van der Waals surface area contributed by atoms with Crippen LogP contribution in [0.15, 0.2) is 48.6 Å². The Labute approximate surface area is 509 Å². The highest BCUT2D eigenvalue weighted by Gasteiger charge is 2.22. The van der Waals surface area contributed by atoms with E-state index in [2.05, 4.69) is 62.5 Å². The zero-order valence-electron chi connectivity index (χ0n) is 55.0. The molecule has 0 aromatic heterocycles. The van der Waals surface area contributed by atoms with Crippen LogP contribution in [0.25, 0.3) is 0 Å². The molecule has 0 radical (unpaired) electrons. The third kappa shape index (κ3) is 67.1. The van der Waals surface area contributed by atoms with Crippen LogP contribution in [0, 0.1) is 0 Å². The quantitative estimate of drug-likeness (QED) is 0.0195. The molecule has 0 fully saturated rings. The molecule has 0 bridgehead atoms. The molecule has 0 rings (SSSR count). The number of esters is 2. The van der Waals surface area contributed by atoms with Crippen molar-refractivity contribution in [2.45, 2.75) is 354 Å². The highest BCUT2D eigenvalue weighted by atomic mass is 31.2. The minimum atomic E-state index is -4.64. The topological polar surface area (TPSA) is 111 Å². The van der Waals surface area contributed by atoms with Crippen molar-refractivity contribution in [2.24, 2.45) is 0 Å². The fourth-order valence-electron chi connectivity index (χ4n) is 10.4. The highest BCUT2D eigenvalue weighted by Crippen LogP contribution is 2.38. The third-order valence-electron chi connectivity index (χ3n) is 15.8. The number of carbonyl (C=O) groups is 2. The smallest absolute Gasteiger partial charge is 0.306 e. The van der Waals surface area contributed by atoms with Gasteiger partial charge in [0.1, 0.15) is 19.8 Å². The number of phosphoric acid groups is 1. The number of likely N-dealkylation sites (N-methyl/N-ethyl adjacent to an activating group) is 1. The summed E-state index contributed by atoms with van der Waals surface area (Å²) in [5.41, 5.74) is 0. The number of hydrogen-bond donors (Lipinski definition) is 0. The number of ether oxygens (including phenoxy) is 2. The van der Waals surface area contributed by atoms with Gasteiger partial charge in [-0.2, -0.15) is 0 Å². The number of unbranched alkanes of at least 4 members (excludes halogenated alkanes) is 44. The van der Waals surface area contributed by atoms with Crippen molar-refractivity contribution >= 4 is 19.8 Å². The Hall–Kier alpha value is -2.03. The van der Waals surface area contributed by atoms with Crippen molar-refractivity contribution in [2.75, 3.05) is 47.5 Å². The normalized spacial score (nSPS) is 13.4. The van der Waals surface area contributed by atoms with Gasteiger partial charge < -0.3 is 27.9 Å². The average molecular weight is 1170 g/mol. The molecular formula is C72H136NO8P. The van der Waals surface area contributed by atoms with Gasteiger partial charge in [-0.25, -0.2) is 0 Å². The van der Waals surface area contributed by atoms with E-state index in [0.29, 0.717) is 17.4 Å². The Morgan fingerprint density at radius 3 is 0.963 bits per heavy atom. The van der Waals surface area contributed by atoms with Gasteiger partial charge in [0.05, 0.1) is 27.7 Å². The minimum absolute atomic E-state index is 0.0291. The van der Waals surface area contributed by atoms with Gasteiger partial charge in [-0.3, -0.25) is 14.2 Å². The maximum atomic E-state index is 12.9. The van der Waals surface area contributed by atoms with Gasteiger partial charge in [-0.15, -0.1) is 0 Å². The Balaban J connectivity index is 4.01. The summed E-state index contributed by atoms with van der Waals surface area (Å²) < 4.78 is 34.3. The fourth-order valence-corrected chi connectivity index (χ4v) is 11.1. The Bertz CT molecular complexity index is 1520. The van der Waals surface area contributed by atoms with Crippen LogP contribution in [0.4, 0.5) is 0 Å². The van der Waals surface area contributed by atoms with Gasteiger partial charge in [0, 0.05) is 12.8 Å². The summed E-state index contributed by atoms with van der Waals surface area (Å²) in [6.45, 7) is 4.28. The largest absolute Gasteiger partial charge is 0.756 e. The molecule has 0 aliphatic rings. The molecule has 9 nitrogen and oxygen atoms in total. The van der Waals surface area contributed by atoms with Crippen LogP contribution in [-0.2, 0) is 32.7 Å². The highest BCUT2D eigenvalue weighted by molar-refractivity contribution is 7.45. The molecule has 2 unspecified atom stereocenters. The van der Waals surface area contributed by atoms with Crippen LogP contribution in [0.2, 0.25) is 0 Å². The predicted molar refractivity (Wildman–Crippen MR) is 351 cm³/mol. The number of allylic oxidation sites excluding steroid dienone is 8. The zero-order chi connectivity index (χ0) is 59.8. The van der Waals surface area contributed by atoms with Crippen LogP contribution in [0.3, 0.4) is 0 Å². The summed E-state index contributed by atoms with van der Waals surface area (Å²) in [6.07, 6.45) is 81.9.